The van der Waals surface area contributed by atoms with Crippen molar-refractivity contribution in [3.05, 3.63) is 95.5 Å². The lowest BCUT2D eigenvalue weighted by Crippen LogP contribution is -2.16. The van der Waals surface area contributed by atoms with E-state index in [4.69, 9.17) is 44.0 Å². The molecule has 0 unspecified atom stereocenters. The van der Waals surface area contributed by atoms with Crippen LogP contribution in [0.5, 0.6) is 5.75 Å². The lowest BCUT2D eigenvalue weighted by Gasteiger charge is -2.11. The monoisotopic (exact) mass is 628 g/mol. The van der Waals surface area contributed by atoms with Gasteiger partial charge in [-0.15, -0.1) is 0 Å². The number of hydrogen-bond donors (Lipinski definition) is 1. The standard InChI is InChI=1S/C23H13Br2Cl3N2O3/c24-15-7-14-8-20(33-21(14)17(25)9-15)23(31)30-29-10-13-5-18(27)22(19(28)6-13)32-11-12-1-3-16(26)4-2-12/h1-10H,11H2,(H,30,31)/b29-10-. The fraction of sp³-hybridized carbons (Fsp3) is 0.0435. The number of amides is 1. The van der Waals surface area contributed by atoms with Gasteiger partial charge in [0.2, 0.25) is 0 Å². The van der Waals surface area contributed by atoms with Crippen LogP contribution in [0.4, 0.5) is 0 Å². The van der Waals surface area contributed by atoms with Crippen LogP contribution in [0, 0.1) is 0 Å². The summed E-state index contributed by atoms with van der Waals surface area (Å²) in [5.41, 5.74) is 4.50. The van der Waals surface area contributed by atoms with Crippen LogP contribution in [0.25, 0.3) is 11.0 Å². The fourth-order valence-corrected chi connectivity index (χ4v) is 5.01. The molecule has 0 aliphatic heterocycles. The summed E-state index contributed by atoms with van der Waals surface area (Å²) in [5, 5.41) is 6.02. The summed E-state index contributed by atoms with van der Waals surface area (Å²) in [7, 11) is 0. The molecular formula is C23H13Br2Cl3N2O3. The Kier molecular flexibility index (Phi) is 7.66. The number of carbonyl (C=O) groups is 1. The van der Waals surface area contributed by atoms with Crippen molar-refractivity contribution in [2.24, 2.45) is 5.10 Å². The van der Waals surface area contributed by atoms with Gasteiger partial charge in [-0.25, -0.2) is 5.43 Å². The molecule has 33 heavy (non-hydrogen) atoms. The van der Waals surface area contributed by atoms with E-state index in [1.807, 2.05) is 24.3 Å². The predicted octanol–water partition coefficient (Wildman–Crippen LogP) is 8.26. The molecule has 0 saturated heterocycles. The molecular weight excluding hydrogens is 618 g/mol. The van der Waals surface area contributed by atoms with Crippen LogP contribution in [-0.4, -0.2) is 12.1 Å². The molecule has 0 fully saturated rings. The summed E-state index contributed by atoms with van der Waals surface area (Å²) in [4.78, 5) is 12.4. The van der Waals surface area contributed by atoms with Crippen molar-refractivity contribution in [2.45, 2.75) is 6.61 Å². The van der Waals surface area contributed by atoms with Crippen LogP contribution in [0.3, 0.4) is 0 Å². The van der Waals surface area contributed by atoms with Gasteiger partial charge in [-0.2, -0.15) is 5.10 Å². The zero-order chi connectivity index (χ0) is 23.5. The first-order valence-electron chi connectivity index (χ1n) is 9.38. The van der Waals surface area contributed by atoms with Gasteiger partial charge in [-0.1, -0.05) is 62.9 Å². The van der Waals surface area contributed by atoms with Crippen molar-refractivity contribution >= 4 is 89.8 Å². The summed E-state index contributed by atoms with van der Waals surface area (Å²) in [6.45, 7) is 0.282. The second-order valence-electron chi connectivity index (χ2n) is 6.84. The van der Waals surface area contributed by atoms with Crippen molar-refractivity contribution in [1.29, 1.82) is 0 Å². The maximum absolute atomic E-state index is 12.4. The molecule has 0 bridgehead atoms. The van der Waals surface area contributed by atoms with E-state index in [9.17, 15) is 4.79 Å². The molecule has 1 aromatic heterocycles. The molecule has 1 heterocycles. The number of halogens is 5. The third-order valence-corrected chi connectivity index (χ3v) is 6.32. The number of carbonyl (C=O) groups excluding carboxylic acids is 1. The Morgan fingerprint density at radius 1 is 1.03 bits per heavy atom. The van der Waals surface area contributed by atoms with Crippen LogP contribution >= 0.6 is 66.7 Å². The predicted molar refractivity (Wildman–Crippen MR) is 139 cm³/mol. The Labute approximate surface area is 220 Å². The second-order valence-corrected chi connectivity index (χ2v) is 9.87. The van der Waals surface area contributed by atoms with Crippen molar-refractivity contribution in [1.82, 2.24) is 5.43 Å². The van der Waals surface area contributed by atoms with Crippen molar-refractivity contribution < 1.29 is 13.9 Å². The van der Waals surface area contributed by atoms with Gasteiger partial charge in [-0.3, -0.25) is 4.79 Å². The lowest BCUT2D eigenvalue weighted by atomic mass is 10.2. The molecule has 0 saturated carbocycles. The van der Waals surface area contributed by atoms with Gasteiger partial charge in [0.25, 0.3) is 0 Å². The van der Waals surface area contributed by atoms with Crippen LogP contribution in [0.2, 0.25) is 15.1 Å². The van der Waals surface area contributed by atoms with Crippen LogP contribution in [-0.2, 0) is 6.61 Å². The molecule has 1 amide bonds. The van der Waals surface area contributed by atoms with Gasteiger partial charge in [0, 0.05) is 14.9 Å². The summed E-state index contributed by atoms with van der Waals surface area (Å²) < 4.78 is 13.0. The average Bonchev–Trinajstić information content (AvgIpc) is 3.19. The number of ether oxygens (including phenoxy) is 1. The summed E-state index contributed by atoms with van der Waals surface area (Å²) >= 11 is 25.4. The molecule has 3 aromatic carbocycles. The topological polar surface area (TPSA) is 63.8 Å². The third-order valence-electron chi connectivity index (χ3n) is 4.46. The van der Waals surface area contributed by atoms with Gasteiger partial charge >= 0.3 is 5.91 Å². The zero-order valence-electron chi connectivity index (χ0n) is 16.5. The van der Waals surface area contributed by atoms with E-state index in [0.717, 1.165) is 19.9 Å². The highest BCUT2D eigenvalue weighted by Gasteiger charge is 2.14. The number of benzene rings is 3. The molecule has 4 aromatic rings. The molecule has 0 aliphatic rings. The van der Waals surface area contributed by atoms with Crippen molar-refractivity contribution in [2.75, 3.05) is 0 Å². The smallest absolute Gasteiger partial charge is 0.307 e. The number of nitrogens with zero attached hydrogens (tertiary/aromatic N) is 1. The van der Waals surface area contributed by atoms with E-state index in [-0.39, 0.29) is 12.4 Å². The normalized spacial score (nSPS) is 11.3. The van der Waals surface area contributed by atoms with E-state index in [2.05, 4.69) is 42.4 Å². The van der Waals surface area contributed by atoms with E-state index in [1.54, 1.807) is 30.3 Å². The first-order valence-corrected chi connectivity index (χ1v) is 12.1. The first kappa shape index (κ1) is 24.1. The van der Waals surface area contributed by atoms with E-state index in [0.29, 0.717) is 32.0 Å². The highest BCUT2D eigenvalue weighted by atomic mass is 79.9. The van der Waals surface area contributed by atoms with Crippen molar-refractivity contribution in [3.8, 4) is 5.75 Å². The van der Waals surface area contributed by atoms with Gasteiger partial charge in [-0.05, 0) is 69.5 Å². The third kappa shape index (κ3) is 5.91. The summed E-state index contributed by atoms with van der Waals surface area (Å²) in [6.07, 6.45) is 1.42. The van der Waals surface area contributed by atoms with E-state index >= 15 is 0 Å². The average molecular weight is 632 g/mol. The van der Waals surface area contributed by atoms with E-state index < -0.39 is 5.91 Å². The maximum Gasteiger partial charge on any atom is 0.307 e. The SMILES string of the molecule is O=C(N/N=C\c1cc(Cl)c(OCc2ccc(Cl)cc2)c(Cl)c1)c1cc2cc(Br)cc(Br)c2o1. The number of nitrogens with one attached hydrogen (secondary N) is 1. The number of hydrazone groups is 1. The second kappa shape index (κ2) is 10.5. The number of rotatable bonds is 6. The quantitative estimate of drug-likeness (QED) is 0.172. The zero-order valence-corrected chi connectivity index (χ0v) is 22.0. The molecule has 0 spiro atoms. The molecule has 4 rings (SSSR count). The van der Waals surface area contributed by atoms with E-state index in [1.165, 1.54) is 6.21 Å². The minimum absolute atomic E-state index is 0.128. The molecule has 168 valence electrons. The molecule has 1 N–H and O–H groups in total. The molecule has 0 radical (unpaired) electrons. The highest BCUT2D eigenvalue weighted by Crippen LogP contribution is 2.34. The Bertz CT molecular complexity index is 1350. The van der Waals surface area contributed by atoms with Gasteiger partial charge in [0.15, 0.2) is 11.5 Å². The molecule has 0 aliphatic carbocycles. The number of fused-ring (bicyclic) bond motifs is 1. The van der Waals surface area contributed by atoms with Gasteiger partial charge in [0.05, 0.1) is 20.7 Å². The minimum Gasteiger partial charge on any atom is -0.486 e. The maximum atomic E-state index is 12.4. The Balaban J connectivity index is 1.42. The lowest BCUT2D eigenvalue weighted by molar-refractivity contribution is 0.0929. The van der Waals surface area contributed by atoms with Crippen LogP contribution < -0.4 is 10.2 Å². The Morgan fingerprint density at radius 2 is 1.73 bits per heavy atom. The van der Waals surface area contributed by atoms with Crippen molar-refractivity contribution in [3.63, 3.8) is 0 Å². The Hall–Kier alpha value is -2.03. The largest absolute Gasteiger partial charge is 0.486 e. The summed E-state index contributed by atoms with van der Waals surface area (Å²) in [6, 6.07) is 15.9. The van der Waals surface area contributed by atoms with Crippen LogP contribution in [0.15, 0.2) is 73.1 Å². The first-order chi connectivity index (χ1) is 15.8. The number of furan rings is 1. The molecule has 0 atom stereocenters. The fourth-order valence-electron chi connectivity index (χ4n) is 2.94. The Morgan fingerprint density at radius 3 is 2.42 bits per heavy atom. The van der Waals surface area contributed by atoms with Gasteiger partial charge < -0.3 is 9.15 Å². The summed E-state index contributed by atoms with van der Waals surface area (Å²) in [5.74, 6) is -0.0120. The van der Waals surface area contributed by atoms with Crippen LogP contribution in [0.1, 0.15) is 21.7 Å². The van der Waals surface area contributed by atoms with Gasteiger partial charge in [0.1, 0.15) is 12.2 Å². The minimum atomic E-state index is -0.495. The molecule has 5 nitrogen and oxygen atoms in total. The molecule has 10 heteroatoms. The number of hydrogen-bond acceptors (Lipinski definition) is 4. The highest BCUT2D eigenvalue weighted by molar-refractivity contribution is 9.11.